The van der Waals surface area contributed by atoms with Crippen molar-refractivity contribution >= 4 is 0 Å². The van der Waals surface area contributed by atoms with Gasteiger partial charge in [-0.25, -0.2) is 0 Å². The highest BCUT2D eigenvalue weighted by Crippen LogP contribution is 2.31. The van der Waals surface area contributed by atoms with Crippen molar-refractivity contribution in [2.45, 2.75) is 64.7 Å². The fraction of sp³-hybridized carbons (Fsp3) is 0.667. The third-order valence-corrected chi connectivity index (χ3v) is 4.15. The molecule has 0 aliphatic heterocycles. The van der Waals surface area contributed by atoms with Gasteiger partial charge in [-0.3, -0.25) is 0 Å². The van der Waals surface area contributed by atoms with E-state index in [2.05, 4.69) is 24.4 Å². The smallest absolute Gasteiger partial charge is 0.119 e. The maximum atomic E-state index is 10.6. The molecule has 2 N–H and O–H groups in total. The summed E-state index contributed by atoms with van der Waals surface area (Å²) in [6, 6.07) is 8.18. The van der Waals surface area contributed by atoms with Gasteiger partial charge in [-0.1, -0.05) is 31.9 Å². The van der Waals surface area contributed by atoms with Gasteiger partial charge in [0.1, 0.15) is 5.75 Å². The van der Waals surface area contributed by atoms with Gasteiger partial charge in [0.15, 0.2) is 0 Å². The molecule has 0 radical (unpaired) electrons. The standard InChI is InChI=1S/C18H29NO2/c1-14(2)21-17-8-6-16(7-9-17)12-19-13-18(20)10-4-5-15(3)11-18/h6-9,14-15,19-20H,4-5,10-13H2,1-3H3. The van der Waals surface area contributed by atoms with E-state index >= 15 is 0 Å². The quantitative estimate of drug-likeness (QED) is 0.843. The summed E-state index contributed by atoms with van der Waals surface area (Å²) < 4.78 is 5.64. The van der Waals surface area contributed by atoms with Crippen LogP contribution in [-0.2, 0) is 6.54 Å². The molecule has 1 aliphatic rings. The van der Waals surface area contributed by atoms with Crippen LogP contribution in [0.2, 0.25) is 0 Å². The Hall–Kier alpha value is -1.06. The summed E-state index contributed by atoms with van der Waals surface area (Å²) in [5.74, 6) is 1.55. The summed E-state index contributed by atoms with van der Waals surface area (Å²) in [6.45, 7) is 7.76. The van der Waals surface area contributed by atoms with Gasteiger partial charge in [0.25, 0.3) is 0 Å². The van der Waals surface area contributed by atoms with Crippen molar-refractivity contribution in [1.29, 1.82) is 0 Å². The second-order valence-corrected chi connectivity index (χ2v) is 6.84. The molecule has 1 saturated carbocycles. The summed E-state index contributed by atoms with van der Waals surface area (Å²) >= 11 is 0. The lowest BCUT2D eigenvalue weighted by Gasteiger charge is -2.35. The molecule has 1 aromatic carbocycles. The van der Waals surface area contributed by atoms with Crippen molar-refractivity contribution in [3.05, 3.63) is 29.8 Å². The second kappa shape index (κ2) is 7.28. The van der Waals surface area contributed by atoms with E-state index in [0.717, 1.165) is 31.6 Å². The zero-order chi connectivity index (χ0) is 15.3. The Morgan fingerprint density at radius 3 is 2.67 bits per heavy atom. The van der Waals surface area contributed by atoms with Gasteiger partial charge in [0.2, 0.25) is 0 Å². The molecule has 2 rings (SSSR count). The van der Waals surface area contributed by atoms with Crippen LogP contribution in [0.4, 0.5) is 0 Å². The maximum absolute atomic E-state index is 10.6. The topological polar surface area (TPSA) is 41.5 Å². The number of rotatable bonds is 6. The summed E-state index contributed by atoms with van der Waals surface area (Å²) in [5, 5.41) is 14.0. The highest BCUT2D eigenvalue weighted by atomic mass is 16.5. The van der Waals surface area contributed by atoms with E-state index in [1.54, 1.807) is 0 Å². The molecule has 0 spiro atoms. The lowest BCUT2D eigenvalue weighted by atomic mass is 9.79. The van der Waals surface area contributed by atoms with Gasteiger partial charge in [-0.15, -0.1) is 0 Å². The van der Waals surface area contributed by atoms with Crippen LogP contribution in [0.25, 0.3) is 0 Å². The monoisotopic (exact) mass is 291 g/mol. The van der Waals surface area contributed by atoms with Crippen molar-refractivity contribution in [2.75, 3.05) is 6.54 Å². The SMILES string of the molecule is CC1CCCC(O)(CNCc2ccc(OC(C)C)cc2)C1. The highest BCUT2D eigenvalue weighted by Gasteiger charge is 2.31. The number of hydrogen-bond acceptors (Lipinski definition) is 3. The normalized spacial score (nSPS) is 26.0. The van der Waals surface area contributed by atoms with E-state index in [1.165, 1.54) is 12.0 Å². The first-order valence-electron chi connectivity index (χ1n) is 8.15. The minimum atomic E-state index is -0.516. The number of hydrogen-bond donors (Lipinski definition) is 2. The van der Waals surface area contributed by atoms with Gasteiger partial charge in [0, 0.05) is 13.1 Å². The summed E-state index contributed by atoms with van der Waals surface area (Å²) in [4.78, 5) is 0. The summed E-state index contributed by atoms with van der Waals surface area (Å²) in [7, 11) is 0. The van der Waals surface area contributed by atoms with Crippen molar-refractivity contribution in [3.63, 3.8) is 0 Å². The van der Waals surface area contributed by atoms with E-state index in [0.29, 0.717) is 12.5 Å². The van der Waals surface area contributed by atoms with Crippen LogP contribution >= 0.6 is 0 Å². The van der Waals surface area contributed by atoms with Gasteiger partial charge in [-0.2, -0.15) is 0 Å². The fourth-order valence-electron chi connectivity index (χ4n) is 3.19. The van der Waals surface area contributed by atoms with Gasteiger partial charge in [-0.05, 0) is 50.3 Å². The molecule has 21 heavy (non-hydrogen) atoms. The number of benzene rings is 1. The summed E-state index contributed by atoms with van der Waals surface area (Å²) in [5.41, 5.74) is 0.705. The third kappa shape index (κ3) is 5.33. The first-order valence-corrected chi connectivity index (χ1v) is 8.15. The van der Waals surface area contributed by atoms with E-state index in [-0.39, 0.29) is 6.10 Å². The van der Waals surface area contributed by atoms with Crippen LogP contribution in [0, 0.1) is 5.92 Å². The van der Waals surface area contributed by atoms with Crippen LogP contribution in [-0.4, -0.2) is 23.4 Å². The van der Waals surface area contributed by atoms with Crippen molar-refractivity contribution in [1.82, 2.24) is 5.32 Å². The average molecular weight is 291 g/mol. The number of nitrogens with one attached hydrogen (secondary N) is 1. The second-order valence-electron chi connectivity index (χ2n) is 6.84. The lowest BCUT2D eigenvalue weighted by molar-refractivity contribution is -0.0119. The molecule has 0 saturated heterocycles. The predicted octanol–water partition coefficient (Wildman–Crippen LogP) is 3.50. The van der Waals surface area contributed by atoms with Crippen LogP contribution in [0.5, 0.6) is 5.75 Å². The molecule has 3 heteroatoms. The number of ether oxygens (including phenoxy) is 1. The Balaban J connectivity index is 1.77. The Kier molecular flexibility index (Phi) is 5.65. The third-order valence-electron chi connectivity index (χ3n) is 4.15. The minimum Gasteiger partial charge on any atom is -0.491 e. The highest BCUT2D eigenvalue weighted by molar-refractivity contribution is 5.27. The molecular formula is C18H29NO2. The molecular weight excluding hydrogens is 262 g/mol. The Labute approximate surface area is 128 Å². The molecule has 2 atom stereocenters. The van der Waals surface area contributed by atoms with Crippen LogP contribution in [0.1, 0.15) is 52.0 Å². The summed E-state index contributed by atoms with van der Waals surface area (Å²) in [6.07, 6.45) is 4.43. The molecule has 2 unspecified atom stereocenters. The van der Waals surface area contributed by atoms with Crippen LogP contribution < -0.4 is 10.1 Å². The van der Waals surface area contributed by atoms with E-state index < -0.39 is 5.60 Å². The zero-order valence-electron chi connectivity index (χ0n) is 13.6. The maximum Gasteiger partial charge on any atom is 0.119 e. The molecule has 1 aliphatic carbocycles. The van der Waals surface area contributed by atoms with Gasteiger partial charge < -0.3 is 15.2 Å². The van der Waals surface area contributed by atoms with Crippen molar-refractivity contribution in [3.8, 4) is 5.75 Å². The predicted molar refractivity (Wildman–Crippen MR) is 86.5 cm³/mol. The van der Waals surface area contributed by atoms with E-state index in [9.17, 15) is 5.11 Å². The molecule has 0 bridgehead atoms. The average Bonchev–Trinajstić information content (AvgIpc) is 2.39. The largest absolute Gasteiger partial charge is 0.491 e. The van der Waals surface area contributed by atoms with Gasteiger partial charge >= 0.3 is 0 Å². The Morgan fingerprint density at radius 1 is 1.33 bits per heavy atom. The van der Waals surface area contributed by atoms with E-state index in [1.807, 2.05) is 26.0 Å². The zero-order valence-corrected chi connectivity index (χ0v) is 13.6. The lowest BCUT2D eigenvalue weighted by Crippen LogP contribution is -2.43. The molecule has 118 valence electrons. The molecule has 0 amide bonds. The first-order chi connectivity index (χ1) is 9.97. The molecule has 0 aromatic heterocycles. The van der Waals surface area contributed by atoms with Gasteiger partial charge in [0.05, 0.1) is 11.7 Å². The van der Waals surface area contributed by atoms with Crippen molar-refractivity contribution in [2.24, 2.45) is 5.92 Å². The van der Waals surface area contributed by atoms with Crippen molar-refractivity contribution < 1.29 is 9.84 Å². The fourth-order valence-corrected chi connectivity index (χ4v) is 3.19. The molecule has 3 nitrogen and oxygen atoms in total. The Bertz CT molecular complexity index is 429. The molecule has 1 fully saturated rings. The Morgan fingerprint density at radius 2 is 2.05 bits per heavy atom. The molecule has 1 aromatic rings. The first kappa shape index (κ1) is 16.3. The van der Waals surface area contributed by atoms with Crippen LogP contribution in [0.3, 0.4) is 0 Å². The molecule has 0 heterocycles. The van der Waals surface area contributed by atoms with E-state index in [4.69, 9.17) is 4.74 Å². The number of aliphatic hydroxyl groups is 1. The van der Waals surface area contributed by atoms with Crippen LogP contribution in [0.15, 0.2) is 24.3 Å². The minimum absolute atomic E-state index is 0.205.